The molecule has 0 atom stereocenters. The van der Waals surface area contributed by atoms with Crippen LogP contribution in [0.15, 0.2) is 88.9 Å². The molecule has 0 heterocycles. The number of nitrogens with zero attached hydrogens (tertiary/aromatic N) is 1. The predicted molar refractivity (Wildman–Crippen MR) is 109 cm³/mol. The summed E-state index contributed by atoms with van der Waals surface area (Å²) in [6.45, 7) is 4.41. The molecular formula is C24H21N. The lowest BCUT2D eigenvalue weighted by atomic mass is 9.92. The van der Waals surface area contributed by atoms with Crippen LogP contribution in [0.4, 0.5) is 5.69 Å². The van der Waals surface area contributed by atoms with Gasteiger partial charge in [-0.05, 0) is 59.9 Å². The normalized spacial score (nSPS) is 14.6. The van der Waals surface area contributed by atoms with E-state index in [0.717, 1.165) is 12.1 Å². The molecule has 1 aliphatic carbocycles. The van der Waals surface area contributed by atoms with Crippen LogP contribution in [0.1, 0.15) is 31.4 Å². The molecule has 0 saturated heterocycles. The zero-order valence-corrected chi connectivity index (χ0v) is 14.7. The zero-order chi connectivity index (χ0) is 17.2. The number of aliphatic imine (C=N–C) groups is 1. The van der Waals surface area contributed by atoms with Crippen molar-refractivity contribution in [2.45, 2.75) is 20.3 Å². The van der Waals surface area contributed by atoms with Crippen molar-refractivity contribution in [1.29, 1.82) is 0 Å². The van der Waals surface area contributed by atoms with Crippen molar-refractivity contribution in [3.63, 3.8) is 0 Å². The van der Waals surface area contributed by atoms with Gasteiger partial charge in [-0.1, -0.05) is 66.2 Å². The number of hydrogen-bond acceptors (Lipinski definition) is 1. The van der Waals surface area contributed by atoms with E-state index in [1.54, 1.807) is 0 Å². The van der Waals surface area contributed by atoms with Crippen LogP contribution >= 0.6 is 0 Å². The highest BCUT2D eigenvalue weighted by molar-refractivity contribution is 6.05. The number of fused-ring (bicyclic) bond motifs is 1. The summed E-state index contributed by atoms with van der Waals surface area (Å²) in [7, 11) is 0. The van der Waals surface area contributed by atoms with Crippen molar-refractivity contribution in [1.82, 2.24) is 0 Å². The Hall–Kier alpha value is -2.93. The van der Waals surface area contributed by atoms with E-state index in [9.17, 15) is 0 Å². The summed E-state index contributed by atoms with van der Waals surface area (Å²) >= 11 is 0. The second kappa shape index (κ2) is 6.52. The first-order valence-electron chi connectivity index (χ1n) is 8.70. The average molecular weight is 323 g/mol. The van der Waals surface area contributed by atoms with Crippen LogP contribution in [0.2, 0.25) is 0 Å². The standard InChI is InChI=1S/C24H21N/c1-17-14-18(2)23(15-17)22-13-12-19-8-6-7-11-21(19)24(22)16-25-20-9-4-3-5-10-20/h3-14,16H,15H2,1-2H3/b25-16+. The first-order valence-corrected chi connectivity index (χ1v) is 8.70. The molecule has 3 aromatic rings. The molecule has 1 heteroatoms. The second-order valence-corrected chi connectivity index (χ2v) is 6.67. The Labute approximate surface area is 149 Å². The average Bonchev–Trinajstić information content (AvgIpc) is 2.98. The third kappa shape index (κ3) is 3.06. The summed E-state index contributed by atoms with van der Waals surface area (Å²) in [6.07, 6.45) is 5.35. The van der Waals surface area contributed by atoms with Crippen molar-refractivity contribution >= 4 is 28.2 Å². The van der Waals surface area contributed by atoms with E-state index < -0.39 is 0 Å². The van der Waals surface area contributed by atoms with Gasteiger partial charge in [0.2, 0.25) is 0 Å². The van der Waals surface area contributed by atoms with Gasteiger partial charge in [0.15, 0.2) is 0 Å². The van der Waals surface area contributed by atoms with E-state index in [-0.39, 0.29) is 0 Å². The lowest BCUT2D eigenvalue weighted by Gasteiger charge is -2.13. The van der Waals surface area contributed by atoms with Crippen molar-refractivity contribution < 1.29 is 0 Å². The lowest BCUT2D eigenvalue weighted by molar-refractivity contribution is 1.26. The van der Waals surface area contributed by atoms with Gasteiger partial charge in [0.05, 0.1) is 5.69 Å². The second-order valence-electron chi connectivity index (χ2n) is 6.67. The molecule has 25 heavy (non-hydrogen) atoms. The molecule has 0 spiro atoms. The molecule has 1 nitrogen and oxygen atoms in total. The first-order chi connectivity index (χ1) is 12.2. The molecule has 0 N–H and O–H groups in total. The van der Waals surface area contributed by atoms with Crippen LogP contribution in [0.5, 0.6) is 0 Å². The lowest BCUT2D eigenvalue weighted by Crippen LogP contribution is -1.95. The molecule has 0 saturated carbocycles. The van der Waals surface area contributed by atoms with Crippen LogP contribution < -0.4 is 0 Å². The fourth-order valence-electron chi connectivity index (χ4n) is 3.58. The summed E-state index contributed by atoms with van der Waals surface area (Å²) in [4.78, 5) is 4.74. The molecular weight excluding hydrogens is 302 g/mol. The van der Waals surface area contributed by atoms with Gasteiger partial charge in [-0.15, -0.1) is 0 Å². The minimum absolute atomic E-state index is 0.979. The minimum Gasteiger partial charge on any atom is -0.256 e. The van der Waals surface area contributed by atoms with Crippen LogP contribution in [0.3, 0.4) is 0 Å². The Morgan fingerprint density at radius 2 is 1.60 bits per heavy atom. The molecule has 122 valence electrons. The van der Waals surface area contributed by atoms with Crippen molar-refractivity contribution in [3.8, 4) is 0 Å². The number of rotatable bonds is 3. The summed E-state index contributed by atoms with van der Waals surface area (Å²) in [5.41, 5.74) is 7.68. The Kier molecular flexibility index (Phi) is 4.07. The molecule has 0 unspecified atom stereocenters. The van der Waals surface area contributed by atoms with Gasteiger partial charge in [-0.3, -0.25) is 4.99 Å². The SMILES string of the molecule is CC1=CC(C)=C(c2ccc3ccccc3c2/C=N/c2ccccc2)C1. The maximum absolute atomic E-state index is 4.74. The topological polar surface area (TPSA) is 12.4 Å². The highest BCUT2D eigenvalue weighted by atomic mass is 14.7. The number of benzene rings is 3. The van der Waals surface area contributed by atoms with Gasteiger partial charge in [0.1, 0.15) is 0 Å². The largest absolute Gasteiger partial charge is 0.256 e. The number of allylic oxidation sites excluding steroid dienone is 4. The number of para-hydroxylation sites is 1. The van der Waals surface area contributed by atoms with E-state index in [4.69, 9.17) is 4.99 Å². The van der Waals surface area contributed by atoms with Crippen LogP contribution in [-0.4, -0.2) is 6.21 Å². The smallest absolute Gasteiger partial charge is 0.0629 e. The summed E-state index contributed by atoms with van der Waals surface area (Å²) < 4.78 is 0. The Balaban J connectivity index is 1.89. The molecule has 3 aromatic carbocycles. The van der Waals surface area contributed by atoms with Crippen molar-refractivity contribution in [3.05, 3.63) is 95.1 Å². The van der Waals surface area contributed by atoms with Gasteiger partial charge in [0, 0.05) is 11.8 Å². The fourth-order valence-corrected chi connectivity index (χ4v) is 3.58. The highest BCUT2D eigenvalue weighted by Crippen LogP contribution is 2.36. The molecule has 0 aromatic heterocycles. The van der Waals surface area contributed by atoms with Crippen molar-refractivity contribution in [2.75, 3.05) is 0 Å². The van der Waals surface area contributed by atoms with Crippen LogP contribution in [0, 0.1) is 0 Å². The van der Waals surface area contributed by atoms with Crippen LogP contribution in [-0.2, 0) is 0 Å². The minimum atomic E-state index is 0.979. The summed E-state index contributed by atoms with van der Waals surface area (Å²) in [6, 6.07) is 23.1. The monoisotopic (exact) mass is 323 g/mol. The first kappa shape index (κ1) is 15.6. The van der Waals surface area contributed by atoms with E-state index in [1.165, 1.54) is 38.6 Å². The van der Waals surface area contributed by atoms with Crippen LogP contribution in [0.25, 0.3) is 16.3 Å². The third-order valence-electron chi connectivity index (χ3n) is 4.79. The third-order valence-corrected chi connectivity index (χ3v) is 4.79. The van der Waals surface area contributed by atoms with Crippen molar-refractivity contribution in [2.24, 2.45) is 4.99 Å². The fraction of sp³-hybridized carbons (Fsp3) is 0.125. The predicted octanol–water partition coefficient (Wildman–Crippen LogP) is 6.71. The number of hydrogen-bond donors (Lipinski definition) is 0. The molecule has 0 fully saturated rings. The van der Waals surface area contributed by atoms with E-state index in [2.05, 4.69) is 56.3 Å². The Morgan fingerprint density at radius 1 is 0.840 bits per heavy atom. The van der Waals surface area contributed by atoms with E-state index >= 15 is 0 Å². The van der Waals surface area contributed by atoms with Gasteiger partial charge >= 0.3 is 0 Å². The van der Waals surface area contributed by atoms with E-state index in [1.807, 2.05) is 36.5 Å². The summed E-state index contributed by atoms with van der Waals surface area (Å²) in [5.74, 6) is 0. The molecule has 0 bridgehead atoms. The maximum atomic E-state index is 4.74. The Morgan fingerprint density at radius 3 is 2.36 bits per heavy atom. The van der Waals surface area contributed by atoms with Gasteiger partial charge in [-0.2, -0.15) is 0 Å². The molecule has 4 rings (SSSR count). The maximum Gasteiger partial charge on any atom is 0.0629 e. The van der Waals surface area contributed by atoms with Gasteiger partial charge in [-0.25, -0.2) is 0 Å². The zero-order valence-electron chi connectivity index (χ0n) is 14.7. The quantitative estimate of drug-likeness (QED) is 0.475. The highest BCUT2D eigenvalue weighted by Gasteiger charge is 2.16. The van der Waals surface area contributed by atoms with Gasteiger partial charge < -0.3 is 0 Å². The molecule has 0 radical (unpaired) electrons. The molecule has 0 amide bonds. The van der Waals surface area contributed by atoms with Gasteiger partial charge in [0.25, 0.3) is 0 Å². The Bertz CT molecular complexity index is 1020. The molecule has 1 aliphatic rings. The molecule has 0 aliphatic heterocycles. The summed E-state index contributed by atoms with van der Waals surface area (Å²) in [5, 5.41) is 2.51. The van der Waals surface area contributed by atoms with E-state index in [0.29, 0.717) is 0 Å².